The quantitative estimate of drug-likeness (QED) is 0.595. The summed E-state index contributed by atoms with van der Waals surface area (Å²) in [7, 11) is 0. The van der Waals surface area contributed by atoms with Crippen LogP contribution in [0.1, 0.15) is 11.1 Å². The van der Waals surface area contributed by atoms with Crippen molar-refractivity contribution in [3.63, 3.8) is 0 Å². The van der Waals surface area contributed by atoms with Gasteiger partial charge in [-0.3, -0.25) is 0 Å². The number of hydrogen-bond donors (Lipinski definition) is 3. The van der Waals surface area contributed by atoms with Crippen LogP contribution in [0.2, 0.25) is 0 Å². The molecule has 3 aromatic rings. The number of nitrogens with zero attached hydrogens (tertiary/aromatic N) is 2. The fraction of sp³-hybridized carbons (Fsp3) is 0.111. The van der Waals surface area contributed by atoms with E-state index < -0.39 is 0 Å². The average molecular weight is 384 g/mol. The molecule has 0 bridgehead atoms. The summed E-state index contributed by atoms with van der Waals surface area (Å²) < 4.78 is 0.937. The van der Waals surface area contributed by atoms with Crippen molar-refractivity contribution in [2.24, 2.45) is 0 Å². The molecular weight excluding hydrogens is 366 g/mol. The van der Waals surface area contributed by atoms with E-state index in [0.717, 1.165) is 15.8 Å². The molecule has 0 atom stereocenters. The Kier molecular flexibility index (Phi) is 4.66. The Labute approximate surface area is 149 Å². The number of benzene rings is 2. The molecule has 5 nitrogen and oxygen atoms in total. The molecule has 0 saturated carbocycles. The van der Waals surface area contributed by atoms with Crippen LogP contribution >= 0.6 is 15.9 Å². The summed E-state index contributed by atoms with van der Waals surface area (Å²) in [5, 5.41) is 6.48. The second-order valence-corrected chi connectivity index (χ2v) is 6.37. The van der Waals surface area contributed by atoms with Gasteiger partial charge in [0.2, 0.25) is 0 Å². The molecule has 0 amide bonds. The molecule has 0 fully saturated rings. The van der Waals surface area contributed by atoms with Crippen molar-refractivity contribution in [2.75, 3.05) is 16.4 Å². The highest BCUT2D eigenvalue weighted by molar-refractivity contribution is 9.10. The van der Waals surface area contributed by atoms with Gasteiger partial charge in [0.1, 0.15) is 12.0 Å². The van der Waals surface area contributed by atoms with E-state index in [-0.39, 0.29) is 0 Å². The summed E-state index contributed by atoms with van der Waals surface area (Å²) in [4.78, 5) is 8.49. The summed E-state index contributed by atoms with van der Waals surface area (Å²) in [5.74, 6) is 1.13. The third-order valence-corrected chi connectivity index (χ3v) is 4.47. The first-order valence-corrected chi connectivity index (χ1v) is 8.30. The van der Waals surface area contributed by atoms with Gasteiger partial charge in [-0.15, -0.1) is 0 Å². The van der Waals surface area contributed by atoms with Gasteiger partial charge in [0.05, 0.1) is 5.69 Å². The van der Waals surface area contributed by atoms with Gasteiger partial charge in [-0.2, -0.15) is 0 Å². The zero-order valence-corrected chi connectivity index (χ0v) is 15.1. The van der Waals surface area contributed by atoms with Crippen LogP contribution < -0.4 is 16.4 Å². The van der Waals surface area contributed by atoms with Crippen LogP contribution in [0.4, 0.5) is 28.7 Å². The van der Waals surface area contributed by atoms with Crippen LogP contribution in [-0.2, 0) is 0 Å². The fourth-order valence-corrected chi connectivity index (χ4v) is 2.62. The third-order valence-electron chi connectivity index (χ3n) is 3.78. The maximum atomic E-state index is 6.23. The Hall–Kier alpha value is -2.60. The van der Waals surface area contributed by atoms with Crippen LogP contribution in [0.15, 0.2) is 53.3 Å². The Balaban J connectivity index is 1.88. The number of nitrogens with two attached hydrogens (primary N) is 1. The van der Waals surface area contributed by atoms with Gasteiger partial charge in [-0.25, -0.2) is 9.97 Å². The second kappa shape index (κ2) is 6.88. The first-order valence-electron chi connectivity index (χ1n) is 7.51. The molecule has 1 heterocycles. The molecule has 2 aromatic carbocycles. The Morgan fingerprint density at radius 3 is 2.33 bits per heavy atom. The molecule has 6 heteroatoms. The summed E-state index contributed by atoms with van der Waals surface area (Å²) in [6, 6.07) is 13.9. The molecule has 122 valence electrons. The van der Waals surface area contributed by atoms with Gasteiger partial charge in [-0.05, 0) is 65.2 Å². The normalized spacial score (nSPS) is 10.5. The number of nitrogens with one attached hydrogen (secondary N) is 2. The molecule has 0 radical (unpaired) electrons. The molecule has 0 aliphatic heterocycles. The summed E-state index contributed by atoms with van der Waals surface area (Å²) in [5.41, 5.74) is 11.0. The van der Waals surface area contributed by atoms with Gasteiger partial charge >= 0.3 is 0 Å². The first kappa shape index (κ1) is 16.3. The molecule has 0 aliphatic rings. The third kappa shape index (κ3) is 3.49. The van der Waals surface area contributed by atoms with Crippen LogP contribution in [-0.4, -0.2) is 9.97 Å². The Morgan fingerprint density at radius 2 is 1.62 bits per heavy atom. The maximum Gasteiger partial charge on any atom is 0.159 e. The highest BCUT2D eigenvalue weighted by Gasteiger charge is 2.10. The largest absolute Gasteiger partial charge is 0.393 e. The molecule has 0 saturated heterocycles. The minimum absolute atomic E-state index is 0.464. The number of para-hydroxylation sites is 1. The molecule has 0 unspecified atom stereocenters. The number of nitrogen functional groups attached to an aromatic ring is 1. The number of hydrogen-bond acceptors (Lipinski definition) is 5. The highest BCUT2D eigenvalue weighted by atomic mass is 79.9. The van der Waals surface area contributed by atoms with E-state index in [9.17, 15) is 0 Å². The smallest absolute Gasteiger partial charge is 0.159 e. The van der Waals surface area contributed by atoms with Gasteiger partial charge in [0, 0.05) is 10.2 Å². The number of anilines is 5. The van der Waals surface area contributed by atoms with Crippen LogP contribution in [0.25, 0.3) is 0 Å². The van der Waals surface area contributed by atoms with E-state index in [1.54, 1.807) is 0 Å². The molecule has 4 N–H and O–H groups in total. The van der Waals surface area contributed by atoms with Crippen LogP contribution in [0.3, 0.4) is 0 Å². The van der Waals surface area contributed by atoms with Gasteiger partial charge in [0.15, 0.2) is 11.6 Å². The fourth-order valence-electron chi connectivity index (χ4n) is 2.24. The van der Waals surface area contributed by atoms with Crippen molar-refractivity contribution < 1.29 is 0 Å². The molecular formula is C18H18BrN5. The van der Waals surface area contributed by atoms with Crippen molar-refractivity contribution >= 4 is 44.6 Å². The number of aromatic nitrogens is 2. The number of halogens is 1. The Morgan fingerprint density at radius 1 is 0.917 bits per heavy atom. The van der Waals surface area contributed by atoms with E-state index in [4.69, 9.17) is 5.73 Å². The van der Waals surface area contributed by atoms with Gasteiger partial charge in [-0.1, -0.05) is 18.2 Å². The van der Waals surface area contributed by atoms with E-state index in [1.165, 1.54) is 17.5 Å². The molecule has 24 heavy (non-hydrogen) atoms. The summed E-state index contributed by atoms with van der Waals surface area (Å²) >= 11 is 3.50. The predicted octanol–water partition coefficient (Wildman–Crippen LogP) is 4.93. The van der Waals surface area contributed by atoms with Gasteiger partial charge < -0.3 is 16.4 Å². The molecule has 1 aromatic heterocycles. The monoisotopic (exact) mass is 383 g/mol. The van der Waals surface area contributed by atoms with E-state index in [0.29, 0.717) is 17.3 Å². The number of aryl methyl sites for hydroxylation is 2. The second-order valence-electron chi connectivity index (χ2n) is 5.51. The lowest BCUT2D eigenvalue weighted by Gasteiger charge is -2.14. The molecule has 0 aliphatic carbocycles. The van der Waals surface area contributed by atoms with Crippen molar-refractivity contribution in [3.8, 4) is 0 Å². The first-order chi connectivity index (χ1) is 11.5. The lowest BCUT2D eigenvalue weighted by atomic mass is 10.1. The zero-order chi connectivity index (χ0) is 17.1. The van der Waals surface area contributed by atoms with Crippen molar-refractivity contribution in [1.82, 2.24) is 9.97 Å². The summed E-state index contributed by atoms with van der Waals surface area (Å²) in [6.07, 6.45) is 1.49. The van der Waals surface area contributed by atoms with Crippen LogP contribution in [0.5, 0.6) is 0 Å². The standard InChI is InChI=1S/C18H18BrN5/c1-11-7-8-13(9-12(11)2)23-17-16(20)18(22-10-21-17)24-15-6-4-3-5-14(15)19/h3-10H,20H2,1-2H3,(H2,21,22,23,24). The molecule has 0 spiro atoms. The van der Waals surface area contributed by atoms with Gasteiger partial charge in [0.25, 0.3) is 0 Å². The van der Waals surface area contributed by atoms with Crippen molar-refractivity contribution in [2.45, 2.75) is 13.8 Å². The minimum Gasteiger partial charge on any atom is -0.393 e. The lowest BCUT2D eigenvalue weighted by molar-refractivity contribution is 1.17. The highest BCUT2D eigenvalue weighted by Crippen LogP contribution is 2.31. The lowest BCUT2D eigenvalue weighted by Crippen LogP contribution is -2.05. The van der Waals surface area contributed by atoms with E-state index in [1.807, 2.05) is 30.3 Å². The minimum atomic E-state index is 0.464. The van der Waals surface area contributed by atoms with Crippen LogP contribution in [0, 0.1) is 13.8 Å². The van der Waals surface area contributed by atoms with Crippen molar-refractivity contribution in [1.29, 1.82) is 0 Å². The Bertz CT molecular complexity index is 879. The SMILES string of the molecule is Cc1ccc(Nc2ncnc(Nc3ccccc3Br)c2N)cc1C. The maximum absolute atomic E-state index is 6.23. The topological polar surface area (TPSA) is 75.9 Å². The summed E-state index contributed by atoms with van der Waals surface area (Å²) in [6.45, 7) is 4.15. The average Bonchev–Trinajstić information content (AvgIpc) is 2.57. The number of rotatable bonds is 4. The van der Waals surface area contributed by atoms with E-state index in [2.05, 4.69) is 62.5 Å². The zero-order valence-electron chi connectivity index (χ0n) is 13.5. The van der Waals surface area contributed by atoms with Crippen molar-refractivity contribution in [3.05, 3.63) is 64.4 Å². The predicted molar refractivity (Wildman–Crippen MR) is 103 cm³/mol. The molecule has 3 rings (SSSR count). The van der Waals surface area contributed by atoms with E-state index >= 15 is 0 Å².